The number of hydrogen-bond donors (Lipinski definition) is 2. The van der Waals surface area contributed by atoms with Gasteiger partial charge >= 0.3 is 12.1 Å². The van der Waals surface area contributed by atoms with E-state index in [1.54, 1.807) is 6.20 Å². The molecule has 2 rings (SSSR count). The first-order valence-electron chi connectivity index (χ1n) is 3.75. The minimum atomic E-state index is -0.686. The highest BCUT2D eigenvalue weighted by atomic mass is 16.6. The summed E-state index contributed by atoms with van der Waals surface area (Å²) in [5.74, 6) is -0.542. The van der Waals surface area contributed by atoms with E-state index in [4.69, 9.17) is 0 Å². The maximum absolute atomic E-state index is 11.0. The number of esters is 1. The van der Waals surface area contributed by atoms with Crippen molar-refractivity contribution >= 4 is 12.1 Å². The number of ether oxygens (including phenoxy) is 1. The molecule has 0 aromatic carbocycles. The second-order valence-corrected chi connectivity index (χ2v) is 2.69. The zero-order chi connectivity index (χ0) is 9.26. The fourth-order valence-corrected chi connectivity index (χ4v) is 1.14. The maximum atomic E-state index is 11.0. The van der Waals surface area contributed by atoms with E-state index in [0.29, 0.717) is 6.42 Å². The van der Waals surface area contributed by atoms with E-state index in [1.807, 2.05) is 0 Å². The number of aromatic nitrogens is 2. The van der Waals surface area contributed by atoms with Crippen LogP contribution >= 0.6 is 0 Å². The van der Waals surface area contributed by atoms with Gasteiger partial charge in [-0.25, -0.2) is 14.6 Å². The molecule has 1 aliphatic rings. The molecular weight excluding hydrogens is 174 g/mol. The van der Waals surface area contributed by atoms with Crippen molar-refractivity contribution in [3.05, 3.63) is 18.2 Å². The Morgan fingerprint density at radius 2 is 2.38 bits per heavy atom. The largest absolute Gasteiger partial charge is 0.415 e. The molecule has 1 saturated heterocycles. The molecule has 0 saturated carbocycles. The number of nitrogens with zero attached hydrogens (tertiary/aromatic N) is 1. The first-order valence-corrected chi connectivity index (χ1v) is 3.75. The average molecular weight is 181 g/mol. The quantitative estimate of drug-likeness (QED) is 0.479. The van der Waals surface area contributed by atoms with Crippen LogP contribution in [0.25, 0.3) is 0 Å². The van der Waals surface area contributed by atoms with Gasteiger partial charge in [0.05, 0.1) is 6.33 Å². The summed E-state index contributed by atoms with van der Waals surface area (Å²) in [6.07, 6.45) is 2.80. The lowest BCUT2D eigenvalue weighted by molar-refractivity contribution is -0.135. The van der Waals surface area contributed by atoms with Crippen LogP contribution in [0.5, 0.6) is 0 Å². The summed E-state index contributed by atoms with van der Waals surface area (Å²) in [6.45, 7) is 0. The molecule has 1 amide bonds. The van der Waals surface area contributed by atoms with Gasteiger partial charge in [0, 0.05) is 18.3 Å². The summed E-state index contributed by atoms with van der Waals surface area (Å²) in [5.41, 5.74) is 0.782. The third kappa shape index (κ3) is 1.51. The third-order valence-corrected chi connectivity index (χ3v) is 1.75. The highest BCUT2D eigenvalue weighted by molar-refractivity contribution is 5.95. The van der Waals surface area contributed by atoms with E-state index in [2.05, 4.69) is 20.0 Å². The second kappa shape index (κ2) is 2.89. The number of imidazole rings is 1. The lowest BCUT2D eigenvalue weighted by Crippen LogP contribution is -2.30. The van der Waals surface area contributed by atoms with Gasteiger partial charge in [0.1, 0.15) is 6.04 Å². The lowest BCUT2D eigenvalue weighted by atomic mass is 10.2. The van der Waals surface area contributed by atoms with Gasteiger partial charge in [-0.1, -0.05) is 0 Å². The molecule has 1 aromatic rings. The van der Waals surface area contributed by atoms with Gasteiger partial charge < -0.3 is 15.0 Å². The van der Waals surface area contributed by atoms with E-state index in [0.717, 1.165) is 5.69 Å². The van der Waals surface area contributed by atoms with Crippen LogP contribution in [0.4, 0.5) is 4.79 Å². The molecule has 0 aliphatic carbocycles. The van der Waals surface area contributed by atoms with Gasteiger partial charge in [0.15, 0.2) is 0 Å². The standard InChI is InChI=1S/C7H7N3O3/c11-6-5(10-7(12)13-6)1-4-2-8-3-9-4/h2-3,5H,1H2,(H,8,9)(H,10,12)/t5-/m0/s1. The van der Waals surface area contributed by atoms with Crippen LogP contribution in [-0.2, 0) is 16.0 Å². The van der Waals surface area contributed by atoms with Gasteiger partial charge in [0.25, 0.3) is 0 Å². The number of hydrogen-bond acceptors (Lipinski definition) is 4. The Hall–Kier alpha value is -1.85. The smallest absolute Gasteiger partial charge is 0.375 e. The van der Waals surface area contributed by atoms with Crippen LogP contribution in [-0.4, -0.2) is 28.1 Å². The zero-order valence-corrected chi connectivity index (χ0v) is 6.61. The second-order valence-electron chi connectivity index (χ2n) is 2.69. The molecule has 1 aliphatic heterocycles. The first-order chi connectivity index (χ1) is 6.25. The summed E-state index contributed by atoms with van der Waals surface area (Å²) in [5, 5.41) is 2.38. The predicted molar refractivity (Wildman–Crippen MR) is 40.7 cm³/mol. The summed E-state index contributed by atoms with van der Waals surface area (Å²) in [6, 6.07) is -0.590. The maximum Gasteiger partial charge on any atom is 0.415 e. The van der Waals surface area contributed by atoms with Crippen molar-refractivity contribution in [2.24, 2.45) is 0 Å². The summed E-state index contributed by atoms with van der Waals surface area (Å²) >= 11 is 0. The minimum Gasteiger partial charge on any atom is -0.375 e. The Labute approximate surface area is 73.3 Å². The number of carbonyl (C=O) groups excluding carboxylic acids is 2. The number of cyclic esters (lactones) is 2. The lowest BCUT2D eigenvalue weighted by Gasteiger charge is -2.01. The molecular formula is C7H7N3O3. The van der Waals surface area contributed by atoms with Crippen LogP contribution in [0.1, 0.15) is 5.69 Å². The molecule has 68 valence electrons. The van der Waals surface area contributed by atoms with E-state index in [-0.39, 0.29) is 0 Å². The molecule has 6 nitrogen and oxygen atoms in total. The normalized spacial score (nSPS) is 21.4. The van der Waals surface area contributed by atoms with Crippen molar-refractivity contribution in [2.75, 3.05) is 0 Å². The van der Waals surface area contributed by atoms with Crippen LogP contribution in [0.2, 0.25) is 0 Å². The van der Waals surface area contributed by atoms with Gasteiger partial charge in [-0.3, -0.25) is 0 Å². The number of alkyl carbamates (subject to hydrolysis) is 1. The van der Waals surface area contributed by atoms with Crippen LogP contribution in [0, 0.1) is 0 Å². The third-order valence-electron chi connectivity index (χ3n) is 1.75. The Morgan fingerprint density at radius 1 is 1.54 bits per heavy atom. The van der Waals surface area contributed by atoms with E-state index in [9.17, 15) is 9.59 Å². The molecule has 2 heterocycles. The number of H-pyrrole nitrogens is 1. The van der Waals surface area contributed by atoms with Gasteiger partial charge in [-0.2, -0.15) is 0 Å². The van der Waals surface area contributed by atoms with Crippen molar-refractivity contribution in [1.29, 1.82) is 0 Å². The molecule has 13 heavy (non-hydrogen) atoms. The molecule has 0 unspecified atom stereocenters. The van der Waals surface area contributed by atoms with E-state index < -0.39 is 18.1 Å². The molecule has 1 atom stereocenters. The molecule has 0 spiro atoms. The topological polar surface area (TPSA) is 84.1 Å². The number of amides is 1. The zero-order valence-electron chi connectivity index (χ0n) is 6.61. The van der Waals surface area contributed by atoms with Crippen LogP contribution in [0.15, 0.2) is 12.5 Å². The van der Waals surface area contributed by atoms with Crippen LogP contribution in [0.3, 0.4) is 0 Å². The van der Waals surface area contributed by atoms with Crippen molar-refractivity contribution in [3.63, 3.8) is 0 Å². The molecule has 0 radical (unpaired) electrons. The summed E-state index contributed by atoms with van der Waals surface area (Å²) in [4.78, 5) is 28.2. The Morgan fingerprint density at radius 3 is 2.92 bits per heavy atom. The average Bonchev–Trinajstić information content (AvgIpc) is 2.63. The van der Waals surface area contributed by atoms with Gasteiger partial charge in [0.2, 0.25) is 0 Å². The summed E-state index contributed by atoms with van der Waals surface area (Å²) < 4.78 is 4.30. The molecule has 1 aromatic heterocycles. The van der Waals surface area contributed by atoms with E-state index in [1.165, 1.54) is 6.33 Å². The van der Waals surface area contributed by atoms with Gasteiger partial charge in [-0.15, -0.1) is 0 Å². The first kappa shape index (κ1) is 7.78. The monoisotopic (exact) mass is 181 g/mol. The van der Waals surface area contributed by atoms with Crippen molar-refractivity contribution in [2.45, 2.75) is 12.5 Å². The highest BCUT2D eigenvalue weighted by Gasteiger charge is 2.32. The number of rotatable bonds is 2. The molecule has 1 fully saturated rings. The Kier molecular flexibility index (Phi) is 1.73. The number of carbonyl (C=O) groups is 2. The molecule has 6 heteroatoms. The van der Waals surface area contributed by atoms with Crippen molar-refractivity contribution in [3.8, 4) is 0 Å². The minimum absolute atomic E-state index is 0.380. The highest BCUT2D eigenvalue weighted by Crippen LogP contribution is 2.05. The fourth-order valence-electron chi connectivity index (χ4n) is 1.14. The Balaban J connectivity index is 2.03. The Bertz CT molecular complexity index is 333. The predicted octanol–water partition coefficient (Wildman–Crippen LogP) is -0.413. The number of nitrogens with one attached hydrogen (secondary N) is 2. The van der Waals surface area contributed by atoms with Gasteiger partial charge in [-0.05, 0) is 0 Å². The van der Waals surface area contributed by atoms with Crippen molar-refractivity contribution in [1.82, 2.24) is 15.3 Å². The summed E-state index contributed by atoms with van der Waals surface area (Å²) in [7, 11) is 0. The fraction of sp³-hybridized carbons (Fsp3) is 0.286. The number of aromatic amines is 1. The SMILES string of the molecule is O=C1N[C@@H](Cc2cnc[nH]2)C(=O)O1. The van der Waals surface area contributed by atoms with Crippen molar-refractivity contribution < 1.29 is 14.3 Å². The molecule has 0 bridgehead atoms. The molecule has 2 N–H and O–H groups in total. The van der Waals surface area contributed by atoms with E-state index >= 15 is 0 Å². The van der Waals surface area contributed by atoms with Crippen LogP contribution < -0.4 is 5.32 Å².